The van der Waals surface area contributed by atoms with Crippen molar-refractivity contribution in [1.29, 1.82) is 0 Å². The molecule has 2 aliphatic heterocycles. The van der Waals surface area contributed by atoms with Crippen LogP contribution in [-0.2, 0) is 4.79 Å². The van der Waals surface area contributed by atoms with Crippen molar-refractivity contribution in [3.63, 3.8) is 0 Å². The number of hydrogen-bond donors (Lipinski definition) is 0. The minimum absolute atomic E-state index is 0.0204. The molecule has 3 aromatic carbocycles. The Morgan fingerprint density at radius 2 is 1.72 bits per heavy atom. The Bertz CT molecular complexity index is 1170. The third kappa shape index (κ3) is 3.15. The topological polar surface area (TPSA) is 37.4 Å². The molecule has 1 atom stereocenters. The molecule has 0 spiro atoms. The molecule has 2 aliphatic rings. The van der Waals surface area contributed by atoms with Crippen LogP contribution in [0, 0.1) is 0 Å². The van der Waals surface area contributed by atoms with Crippen LogP contribution in [-0.4, -0.2) is 11.7 Å². The van der Waals surface area contributed by atoms with Gasteiger partial charge in [-0.3, -0.25) is 14.5 Å². The smallest absolute Gasteiger partial charge is 0.232 e. The number of carbonyl (C=O) groups excluding carboxylic acids is 2. The van der Waals surface area contributed by atoms with Crippen molar-refractivity contribution < 1.29 is 9.59 Å². The Kier molecular flexibility index (Phi) is 4.64. The minimum atomic E-state index is -0.277. The lowest BCUT2D eigenvalue weighted by Crippen LogP contribution is -2.36. The minimum Gasteiger partial charge on any atom is -0.289 e. The molecule has 1 amide bonds. The summed E-state index contributed by atoms with van der Waals surface area (Å²) < 4.78 is 0.934. The fourth-order valence-corrected chi connectivity index (χ4v) is 5.61. The predicted octanol–water partition coefficient (Wildman–Crippen LogP) is 6.17. The Labute approximate surface area is 181 Å². The van der Waals surface area contributed by atoms with Crippen LogP contribution in [0.4, 0.5) is 5.69 Å². The first-order valence-corrected chi connectivity index (χ1v) is 10.9. The molecule has 0 radical (unpaired) electrons. The summed E-state index contributed by atoms with van der Waals surface area (Å²) in [7, 11) is 0. The van der Waals surface area contributed by atoms with E-state index in [9.17, 15) is 9.59 Å². The summed E-state index contributed by atoms with van der Waals surface area (Å²) in [5.74, 6) is -0.281. The van der Waals surface area contributed by atoms with Crippen molar-refractivity contribution in [1.82, 2.24) is 0 Å². The van der Waals surface area contributed by atoms with Crippen LogP contribution in [0.25, 0.3) is 0 Å². The molecule has 5 heteroatoms. The van der Waals surface area contributed by atoms with Crippen LogP contribution in [0.3, 0.4) is 0 Å². The molecule has 0 aromatic heterocycles. The highest BCUT2D eigenvalue weighted by Gasteiger charge is 2.42. The number of halogens is 1. The molecule has 29 heavy (non-hydrogen) atoms. The number of amides is 1. The Balaban J connectivity index is 1.72. The lowest BCUT2D eigenvalue weighted by atomic mass is 9.82. The van der Waals surface area contributed by atoms with Crippen molar-refractivity contribution in [3.8, 4) is 0 Å². The van der Waals surface area contributed by atoms with Crippen LogP contribution in [0.15, 0.2) is 98.8 Å². The highest BCUT2D eigenvalue weighted by atomic mass is 79.9. The molecule has 0 aliphatic carbocycles. The summed E-state index contributed by atoms with van der Waals surface area (Å²) in [6.07, 6.45) is 0.267. The number of Topliss-reactive ketones (excluding diaryl/α,β-unsaturated/α-hetero) is 1. The number of ketones is 1. The standard InChI is InChI=1S/C24H16BrNO2S/c25-17-10-6-9-16(13-17)18-14-21(27)26-19-11-4-5-12-20(19)29-24(26)22(18)23(28)15-7-2-1-3-8-15/h1-13,18H,14H2/t18-/m0/s1. The molecule has 3 aromatic rings. The van der Waals surface area contributed by atoms with Crippen LogP contribution in [0.2, 0.25) is 0 Å². The average Bonchev–Trinajstić information content (AvgIpc) is 3.14. The van der Waals surface area contributed by atoms with Gasteiger partial charge in [0.05, 0.1) is 10.7 Å². The average molecular weight is 462 g/mol. The van der Waals surface area contributed by atoms with Gasteiger partial charge in [-0.05, 0) is 29.8 Å². The maximum atomic E-state index is 13.6. The molecular weight excluding hydrogens is 446 g/mol. The Morgan fingerprint density at radius 3 is 2.52 bits per heavy atom. The van der Waals surface area contributed by atoms with Crippen LogP contribution >= 0.6 is 27.7 Å². The maximum absolute atomic E-state index is 13.6. The summed E-state index contributed by atoms with van der Waals surface area (Å²) in [5, 5.41) is 0.737. The van der Waals surface area contributed by atoms with Gasteiger partial charge in [-0.15, -0.1) is 0 Å². The monoisotopic (exact) mass is 461 g/mol. The van der Waals surface area contributed by atoms with E-state index in [0.717, 1.165) is 25.6 Å². The number of rotatable bonds is 3. The zero-order valence-corrected chi connectivity index (χ0v) is 17.7. The zero-order valence-electron chi connectivity index (χ0n) is 15.3. The number of nitrogens with zero attached hydrogens (tertiary/aromatic N) is 1. The van der Waals surface area contributed by atoms with Gasteiger partial charge in [0.25, 0.3) is 0 Å². The van der Waals surface area contributed by atoms with E-state index < -0.39 is 0 Å². The quantitative estimate of drug-likeness (QED) is 0.437. The van der Waals surface area contributed by atoms with Crippen molar-refractivity contribution in [2.45, 2.75) is 17.2 Å². The first-order valence-electron chi connectivity index (χ1n) is 9.32. The second-order valence-electron chi connectivity index (χ2n) is 7.02. The zero-order chi connectivity index (χ0) is 20.0. The molecule has 0 N–H and O–H groups in total. The molecule has 3 nitrogen and oxygen atoms in total. The van der Waals surface area contributed by atoms with Crippen LogP contribution in [0.1, 0.15) is 28.3 Å². The summed E-state index contributed by atoms with van der Waals surface area (Å²) in [5.41, 5.74) is 3.16. The van der Waals surface area contributed by atoms with E-state index in [1.807, 2.05) is 78.9 Å². The normalized spacial score (nSPS) is 17.9. The Hall–Kier alpha value is -2.63. The second kappa shape index (κ2) is 7.32. The third-order valence-electron chi connectivity index (χ3n) is 5.25. The molecule has 0 fully saturated rings. The molecule has 5 rings (SSSR count). The molecular formula is C24H16BrNO2S. The summed E-state index contributed by atoms with van der Waals surface area (Å²) >= 11 is 5.03. The number of fused-ring (bicyclic) bond motifs is 3. The molecule has 0 bridgehead atoms. The van der Waals surface area contributed by atoms with Crippen LogP contribution < -0.4 is 4.90 Å². The molecule has 0 unspecified atom stereocenters. The van der Waals surface area contributed by atoms with E-state index in [2.05, 4.69) is 15.9 Å². The number of para-hydroxylation sites is 1. The van der Waals surface area contributed by atoms with E-state index in [-0.39, 0.29) is 24.0 Å². The van der Waals surface area contributed by atoms with Crippen molar-refractivity contribution in [2.75, 3.05) is 4.90 Å². The lowest BCUT2D eigenvalue weighted by molar-refractivity contribution is -0.118. The summed E-state index contributed by atoms with van der Waals surface area (Å²) in [6, 6.07) is 25.0. The maximum Gasteiger partial charge on any atom is 0.232 e. The molecule has 2 heterocycles. The van der Waals surface area contributed by atoms with E-state index in [0.29, 0.717) is 11.1 Å². The van der Waals surface area contributed by atoms with Crippen LogP contribution in [0.5, 0.6) is 0 Å². The van der Waals surface area contributed by atoms with Gasteiger partial charge in [0.1, 0.15) is 0 Å². The molecule has 0 saturated heterocycles. The SMILES string of the molecule is O=C(C1=C2Sc3ccccc3N2C(=O)C[C@H]1c1cccc(Br)c1)c1ccccc1. The Morgan fingerprint density at radius 1 is 0.966 bits per heavy atom. The largest absolute Gasteiger partial charge is 0.289 e. The first kappa shape index (κ1) is 18.4. The van der Waals surface area contributed by atoms with Crippen molar-refractivity contribution in [3.05, 3.63) is 105 Å². The number of benzene rings is 3. The molecule has 142 valence electrons. The van der Waals surface area contributed by atoms with Gasteiger partial charge in [-0.1, -0.05) is 82.3 Å². The van der Waals surface area contributed by atoms with E-state index >= 15 is 0 Å². The van der Waals surface area contributed by atoms with Gasteiger partial charge < -0.3 is 0 Å². The number of anilines is 1. The van der Waals surface area contributed by atoms with Crippen molar-refractivity contribution in [2.24, 2.45) is 0 Å². The fraction of sp³-hybridized carbons (Fsp3) is 0.0833. The number of hydrogen-bond acceptors (Lipinski definition) is 3. The lowest BCUT2D eigenvalue weighted by Gasteiger charge is -2.32. The van der Waals surface area contributed by atoms with Gasteiger partial charge in [0.15, 0.2) is 5.78 Å². The summed E-state index contributed by atoms with van der Waals surface area (Å²) in [6.45, 7) is 0. The number of carbonyl (C=O) groups is 2. The van der Waals surface area contributed by atoms with E-state index in [1.165, 1.54) is 11.8 Å². The van der Waals surface area contributed by atoms with E-state index in [4.69, 9.17) is 0 Å². The van der Waals surface area contributed by atoms with Gasteiger partial charge in [-0.2, -0.15) is 0 Å². The number of thioether (sulfide) groups is 1. The van der Waals surface area contributed by atoms with Gasteiger partial charge >= 0.3 is 0 Å². The predicted molar refractivity (Wildman–Crippen MR) is 119 cm³/mol. The van der Waals surface area contributed by atoms with E-state index in [1.54, 1.807) is 4.90 Å². The third-order valence-corrected chi connectivity index (χ3v) is 6.91. The molecule has 0 saturated carbocycles. The highest BCUT2D eigenvalue weighted by molar-refractivity contribution is 9.10. The van der Waals surface area contributed by atoms with Gasteiger partial charge in [-0.25, -0.2) is 0 Å². The number of allylic oxidation sites excluding steroid dienone is 1. The summed E-state index contributed by atoms with van der Waals surface area (Å²) in [4.78, 5) is 29.5. The first-order chi connectivity index (χ1) is 14.1. The fourth-order valence-electron chi connectivity index (χ4n) is 3.94. The van der Waals surface area contributed by atoms with Gasteiger partial charge in [0, 0.05) is 32.8 Å². The highest BCUT2D eigenvalue weighted by Crippen LogP contribution is 2.53. The van der Waals surface area contributed by atoms with Gasteiger partial charge in [0.2, 0.25) is 5.91 Å². The van der Waals surface area contributed by atoms with Crippen molar-refractivity contribution >= 4 is 45.1 Å². The second-order valence-corrected chi connectivity index (χ2v) is 8.97.